The lowest BCUT2D eigenvalue weighted by molar-refractivity contribution is -0.155. The predicted octanol–water partition coefficient (Wildman–Crippen LogP) is 1.80. The molecule has 1 atom stereocenters. The van der Waals surface area contributed by atoms with Crippen LogP contribution in [0.15, 0.2) is 30.3 Å². The first-order chi connectivity index (χ1) is 10.9. The molecule has 1 unspecified atom stereocenters. The molecule has 0 spiro atoms. The fourth-order valence-electron chi connectivity index (χ4n) is 2.22. The fourth-order valence-corrected chi connectivity index (χ4v) is 2.22. The van der Waals surface area contributed by atoms with Gasteiger partial charge in [0.25, 0.3) is 5.91 Å². The molecule has 1 aromatic carbocycles. The normalized spacial score (nSPS) is 12.0. The van der Waals surface area contributed by atoms with Crippen LogP contribution >= 0.6 is 0 Å². The van der Waals surface area contributed by atoms with Crippen molar-refractivity contribution in [3.63, 3.8) is 0 Å². The molecule has 2 rings (SSSR count). The highest BCUT2D eigenvalue weighted by molar-refractivity contribution is 5.83. The van der Waals surface area contributed by atoms with Crippen LogP contribution in [0.1, 0.15) is 29.5 Å². The van der Waals surface area contributed by atoms with Gasteiger partial charge in [0, 0.05) is 11.3 Å². The molecule has 0 aliphatic rings. The standard InChI is InChI=1S/C16H18FN3O3/c1-10-9-11(2)20(19-10)8-7-14(21)23-15(16(18)22)12-3-5-13(17)6-4-12/h3-6,9,15H,7-8H2,1-2H3,(H2,18,22). The molecular weight excluding hydrogens is 301 g/mol. The number of carbonyl (C=O) groups is 2. The van der Waals surface area contributed by atoms with Crippen LogP contribution in [0.5, 0.6) is 0 Å². The number of aromatic nitrogens is 2. The van der Waals surface area contributed by atoms with Gasteiger partial charge >= 0.3 is 5.97 Å². The number of nitrogens with zero attached hydrogens (tertiary/aromatic N) is 2. The number of carbonyl (C=O) groups excluding carboxylic acids is 2. The monoisotopic (exact) mass is 319 g/mol. The van der Waals surface area contributed by atoms with Crippen molar-refractivity contribution in [1.29, 1.82) is 0 Å². The summed E-state index contributed by atoms with van der Waals surface area (Å²) in [6, 6.07) is 6.97. The molecule has 1 amide bonds. The molecule has 2 aromatic rings. The Bertz CT molecular complexity index is 710. The first kappa shape index (κ1) is 16.7. The Labute approximate surface area is 133 Å². The number of hydrogen-bond acceptors (Lipinski definition) is 4. The molecule has 0 aliphatic carbocycles. The van der Waals surface area contributed by atoms with Gasteiger partial charge in [0.1, 0.15) is 5.82 Å². The average molecular weight is 319 g/mol. The van der Waals surface area contributed by atoms with Crippen LogP contribution in [0, 0.1) is 19.7 Å². The summed E-state index contributed by atoms with van der Waals surface area (Å²) in [6.45, 7) is 4.09. The van der Waals surface area contributed by atoms with E-state index in [9.17, 15) is 14.0 Å². The summed E-state index contributed by atoms with van der Waals surface area (Å²) in [6.07, 6.45) is -1.18. The Hall–Kier alpha value is -2.70. The van der Waals surface area contributed by atoms with Crippen LogP contribution in [0.4, 0.5) is 4.39 Å². The molecule has 2 N–H and O–H groups in total. The Morgan fingerprint density at radius 3 is 2.48 bits per heavy atom. The van der Waals surface area contributed by atoms with Crippen molar-refractivity contribution in [3.05, 3.63) is 53.1 Å². The lowest BCUT2D eigenvalue weighted by Crippen LogP contribution is -2.26. The molecule has 0 radical (unpaired) electrons. The smallest absolute Gasteiger partial charge is 0.308 e. The molecule has 0 aliphatic heterocycles. The van der Waals surface area contributed by atoms with Gasteiger partial charge < -0.3 is 10.5 Å². The minimum absolute atomic E-state index is 0.0485. The van der Waals surface area contributed by atoms with E-state index in [-0.39, 0.29) is 6.42 Å². The van der Waals surface area contributed by atoms with Crippen LogP contribution in [-0.2, 0) is 20.9 Å². The van der Waals surface area contributed by atoms with Crippen molar-refractivity contribution in [2.45, 2.75) is 32.9 Å². The van der Waals surface area contributed by atoms with Gasteiger partial charge in [-0.25, -0.2) is 4.39 Å². The van der Waals surface area contributed by atoms with E-state index in [0.29, 0.717) is 12.1 Å². The first-order valence-corrected chi connectivity index (χ1v) is 7.12. The largest absolute Gasteiger partial charge is 0.447 e. The predicted molar refractivity (Wildman–Crippen MR) is 80.7 cm³/mol. The molecule has 1 heterocycles. The summed E-state index contributed by atoms with van der Waals surface area (Å²) >= 11 is 0. The number of aryl methyl sites for hydroxylation is 3. The summed E-state index contributed by atoms with van der Waals surface area (Å²) in [7, 11) is 0. The summed E-state index contributed by atoms with van der Waals surface area (Å²) < 4.78 is 19.7. The maximum Gasteiger partial charge on any atom is 0.308 e. The van der Waals surface area contributed by atoms with E-state index in [2.05, 4.69) is 5.10 Å². The van der Waals surface area contributed by atoms with Crippen molar-refractivity contribution in [3.8, 4) is 0 Å². The highest BCUT2D eigenvalue weighted by Gasteiger charge is 2.22. The van der Waals surface area contributed by atoms with Crippen LogP contribution in [0.3, 0.4) is 0 Å². The molecule has 122 valence electrons. The third-order valence-electron chi connectivity index (χ3n) is 3.31. The number of esters is 1. The van der Waals surface area contributed by atoms with Crippen LogP contribution in [-0.4, -0.2) is 21.7 Å². The van der Waals surface area contributed by atoms with Crippen LogP contribution in [0.25, 0.3) is 0 Å². The average Bonchev–Trinajstić information content (AvgIpc) is 2.81. The Morgan fingerprint density at radius 2 is 1.96 bits per heavy atom. The molecular formula is C16H18FN3O3. The number of halogens is 1. The van der Waals surface area contributed by atoms with E-state index in [1.807, 2.05) is 19.9 Å². The minimum atomic E-state index is -1.23. The van der Waals surface area contributed by atoms with Crippen molar-refractivity contribution in [1.82, 2.24) is 9.78 Å². The van der Waals surface area contributed by atoms with Crippen LogP contribution < -0.4 is 5.73 Å². The van der Waals surface area contributed by atoms with Gasteiger partial charge in [0.2, 0.25) is 6.10 Å². The van der Waals surface area contributed by atoms with Crippen molar-refractivity contribution in [2.24, 2.45) is 5.73 Å². The second kappa shape index (κ2) is 7.04. The molecule has 0 bridgehead atoms. The second-order valence-electron chi connectivity index (χ2n) is 5.22. The Balaban J connectivity index is 1.99. The number of benzene rings is 1. The third-order valence-corrected chi connectivity index (χ3v) is 3.31. The molecule has 1 aromatic heterocycles. The Morgan fingerprint density at radius 1 is 1.30 bits per heavy atom. The molecule has 23 heavy (non-hydrogen) atoms. The van der Waals surface area contributed by atoms with E-state index in [1.54, 1.807) is 4.68 Å². The minimum Gasteiger partial charge on any atom is -0.447 e. The summed E-state index contributed by atoms with van der Waals surface area (Å²) in [4.78, 5) is 23.4. The number of amides is 1. The van der Waals surface area contributed by atoms with Crippen molar-refractivity contribution in [2.75, 3.05) is 0 Å². The molecule has 0 saturated carbocycles. The number of nitrogens with two attached hydrogens (primary N) is 1. The zero-order chi connectivity index (χ0) is 17.0. The molecule has 6 nitrogen and oxygen atoms in total. The summed E-state index contributed by atoms with van der Waals surface area (Å²) in [5.41, 5.74) is 7.38. The Kier molecular flexibility index (Phi) is 5.10. The third kappa shape index (κ3) is 4.38. The van der Waals surface area contributed by atoms with Gasteiger partial charge in [-0.05, 0) is 32.0 Å². The van der Waals surface area contributed by atoms with Gasteiger partial charge in [0.05, 0.1) is 18.7 Å². The van der Waals surface area contributed by atoms with Gasteiger partial charge in [-0.15, -0.1) is 0 Å². The summed E-state index contributed by atoms with van der Waals surface area (Å²) in [5.74, 6) is -1.84. The van der Waals surface area contributed by atoms with E-state index in [1.165, 1.54) is 24.3 Å². The van der Waals surface area contributed by atoms with Gasteiger partial charge in [-0.1, -0.05) is 12.1 Å². The van der Waals surface area contributed by atoms with E-state index in [0.717, 1.165) is 11.4 Å². The lowest BCUT2D eigenvalue weighted by atomic mass is 10.1. The quantitative estimate of drug-likeness (QED) is 0.822. The van der Waals surface area contributed by atoms with Crippen molar-refractivity contribution >= 4 is 11.9 Å². The summed E-state index contributed by atoms with van der Waals surface area (Å²) in [5, 5.41) is 4.24. The number of hydrogen-bond donors (Lipinski definition) is 1. The molecule has 0 fully saturated rings. The second-order valence-corrected chi connectivity index (χ2v) is 5.22. The van der Waals surface area contributed by atoms with Gasteiger partial charge in [-0.3, -0.25) is 14.3 Å². The molecule has 7 heteroatoms. The number of rotatable bonds is 6. The van der Waals surface area contributed by atoms with E-state index >= 15 is 0 Å². The first-order valence-electron chi connectivity index (χ1n) is 7.12. The highest BCUT2D eigenvalue weighted by Crippen LogP contribution is 2.18. The van der Waals surface area contributed by atoms with Gasteiger partial charge in [-0.2, -0.15) is 5.10 Å². The maximum absolute atomic E-state index is 12.9. The number of primary amides is 1. The van der Waals surface area contributed by atoms with E-state index < -0.39 is 23.8 Å². The zero-order valence-corrected chi connectivity index (χ0v) is 13.0. The molecule has 0 saturated heterocycles. The zero-order valence-electron chi connectivity index (χ0n) is 13.0. The van der Waals surface area contributed by atoms with E-state index in [4.69, 9.17) is 10.5 Å². The topological polar surface area (TPSA) is 87.2 Å². The fraction of sp³-hybridized carbons (Fsp3) is 0.312. The van der Waals surface area contributed by atoms with Gasteiger partial charge in [0.15, 0.2) is 0 Å². The van der Waals surface area contributed by atoms with Crippen LogP contribution in [0.2, 0.25) is 0 Å². The SMILES string of the molecule is Cc1cc(C)n(CCC(=O)OC(C(N)=O)c2ccc(F)cc2)n1. The van der Waals surface area contributed by atoms with Crippen molar-refractivity contribution < 1.29 is 18.7 Å². The lowest BCUT2D eigenvalue weighted by Gasteiger charge is -2.15. The maximum atomic E-state index is 12.9. The highest BCUT2D eigenvalue weighted by atomic mass is 19.1. The number of ether oxygens (including phenoxy) is 1.